The monoisotopic (exact) mass is 399 g/mol. The van der Waals surface area contributed by atoms with E-state index in [0.29, 0.717) is 23.3 Å². The van der Waals surface area contributed by atoms with E-state index in [1.54, 1.807) is 4.68 Å². The zero-order valence-corrected chi connectivity index (χ0v) is 16.7. The predicted molar refractivity (Wildman–Crippen MR) is 105 cm³/mol. The van der Waals surface area contributed by atoms with Crippen LogP contribution in [-0.4, -0.2) is 22.4 Å². The van der Waals surface area contributed by atoms with Crippen molar-refractivity contribution in [1.29, 1.82) is 0 Å². The van der Waals surface area contributed by atoms with Crippen LogP contribution in [0.4, 0.5) is 10.5 Å². The molecule has 28 heavy (non-hydrogen) atoms. The average molecular weight is 399 g/mol. The van der Waals surface area contributed by atoms with Crippen LogP contribution in [0.5, 0.6) is 5.88 Å². The number of anilines is 1. The van der Waals surface area contributed by atoms with Crippen molar-refractivity contribution in [2.45, 2.75) is 62.8 Å². The maximum Gasteiger partial charge on any atom is 0.322 e. The second-order valence-electron chi connectivity index (χ2n) is 7.77. The Morgan fingerprint density at radius 3 is 3.11 bits per heavy atom. The maximum absolute atomic E-state index is 12.7. The Kier molecular flexibility index (Phi) is 4.38. The van der Waals surface area contributed by atoms with Crippen LogP contribution in [0.15, 0.2) is 21.5 Å². The number of benzene rings is 1. The molecule has 1 aromatic carbocycles. The van der Waals surface area contributed by atoms with E-state index in [2.05, 4.69) is 27.8 Å². The zero-order valence-electron chi connectivity index (χ0n) is 15.9. The molecule has 3 aliphatic rings. The summed E-state index contributed by atoms with van der Waals surface area (Å²) in [5.74, 6) is 0.869. The minimum Gasteiger partial charge on any atom is -0.479 e. The topological polar surface area (TPSA) is 85.6 Å². The van der Waals surface area contributed by atoms with E-state index in [-0.39, 0.29) is 0 Å². The van der Waals surface area contributed by atoms with Gasteiger partial charge in [-0.05, 0) is 65.2 Å². The van der Waals surface area contributed by atoms with E-state index in [0.717, 1.165) is 50.8 Å². The molecular formula is C20H23N4O3S-. The maximum atomic E-state index is 12.7. The molecule has 2 aromatic rings. The van der Waals surface area contributed by atoms with Crippen molar-refractivity contribution in [3.8, 4) is 5.88 Å². The largest absolute Gasteiger partial charge is 0.479 e. The van der Waals surface area contributed by atoms with Gasteiger partial charge < -0.3 is 18.6 Å². The van der Waals surface area contributed by atoms with Crippen molar-refractivity contribution in [3.63, 3.8) is 0 Å². The normalized spacial score (nSPS) is 21.0. The molecule has 1 aliphatic heterocycles. The highest BCUT2D eigenvalue weighted by Crippen LogP contribution is 2.43. The lowest BCUT2D eigenvalue weighted by Gasteiger charge is -2.19. The fraction of sp³-hybridized carbons (Fsp3) is 0.500. The Labute approximate surface area is 165 Å². The summed E-state index contributed by atoms with van der Waals surface area (Å²) >= 11 is 0. The summed E-state index contributed by atoms with van der Waals surface area (Å²) in [4.78, 5) is 13.0. The van der Waals surface area contributed by atoms with Gasteiger partial charge in [0.25, 0.3) is 0 Å². The number of urea groups is 1. The van der Waals surface area contributed by atoms with E-state index >= 15 is 0 Å². The lowest BCUT2D eigenvalue weighted by molar-refractivity contribution is 0.225. The zero-order chi connectivity index (χ0) is 19.3. The Hall–Kier alpha value is -2.35. The van der Waals surface area contributed by atoms with E-state index in [4.69, 9.17) is 4.74 Å². The first-order valence-corrected chi connectivity index (χ1v) is 11.0. The van der Waals surface area contributed by atoms with Crippen molar-refractivity contribution < 1.29 is 13.7 Å². The van der Waals surface area contributed by atoms with Crippen LogP contribution in [0.2, 0.25) is 0 Å². The molecule has 148 valence electrons. The number of nitrogens with one attached hydrogen (secondary N) is 1. The van der Waals surface area contributed by atoms with Crippen LogP contribution in [0, 0.1) is 0 Å². The molecule has 0 bridgehead atoms. The smallest absolute Gasteiger partial charge is 0.322 e. The van der Waals surface area contributed by atoms with Gasteiger partial charge in [0.05, 0.1) is 6.61 Å². The van der Waals surface area contributed by atoms with Gasteiger partial charge in [-0.2, -0.15) is 5.10 Å². The van der Waals surface area contributed by atoms with E-state index < -0.39 is 16.6 Å². The van der Waals surface area contributed by atoms with Gasteiger partial charge in [0.2, 0.25) is 0 Å². The second-order valence-corrected chi connectivity index (χ2v) is 8.89. The lowest BCUT2D eigenvalue weighted by Crippen LogP contribution is -2.15. The summed E-state index contributed by atoms with van der Waals surface area (Å²) in [6, 6.07) is 1.75. The molecule has 7 nitrogen and oxygen atoms in total. The Morgan fingerprint density at radius 2 is 2.21 bits per heavy atom. The summed E-state index contributed by atoms with van der Waals surface area (Å²) in [6.45, 7) is 3.48. The molecule has 2 amide bonds. The van der Waals surface area contributed by atoms with Crippen LogP contribution < -0.4 is 10.1 Å². The number of carbonyl (C=O) groups excluding carboxylic acids is 1. The molecule has 0 spiro atoms. The minimum absolute atomic E-state index is 0.353. The predicted octanol–water partition coefficient (Wildman–Crippen LogP) is 3.94. The standard InChI is InChI=1S/C20H23N4O3S/c1-12-6-7-14-10-13-4-2-5-15(13)18(17(12)14)22-20(25)23-28(26)16-11-21-24-8-3-9-27-19(16)24/h10-12H,2-9H2,1H3,(H,22,25)/q-1/t12-/m1/s1. The average Bonchev–Trinajstić information content (AvgIpc) is 3.40. The lowest BCUT2D eigenvalue weighted by atomic mass is 9.95. The van der Waals surface area contributed by atoms with Crippen molar-refractivity contribution in [2.75, 3.05) is 11.9 Å². The Morgan fingerprint density at radius 1 is 1.32 bits per heavy atom. The quantitative estimate of drug-likeness (QED) is 0.775. The van der Waals surface area contributed by atoms with Gasteiger partial charge in [-0.3, -0.25) is 0 Å². The van der Waals surface area contributed by atoms with Crippen LogP contribution in [0.1, 0.15) is 54.4 Å². The highest BCUT2D eigenvalue weighted by atomic mass is 32.2. The molecule has 2 aliphatic carbocycles. The molecular weight excluding hydrogens is 376 g/mol. The molecule has 8 heteroatoms. The Balaban J connectivity index is 1.46. The summed E-state index contributed by atoms with van der Waals surface area (Å²) in [5.41, 5.74) is 6.05. The number of amides is 2. The number of ether oxygens (including phenoxy) is 1. The molecule has 1 atom stereocenters. The molecule has 0 fully saturated rings. The van der Waals surface area contributed by atoms with Crippen molar-refractivity contribution in [2.24, 2.45) is 4.36 Å². The number of rotatable bonds is 2. The SMILES string of the molecule is C[C@@H]1CCc2cc3c(c(NC(=O)N=[S-](=O)c4cnn5c4OCCC5)c21)CCC3. The van der Waals surface area contributed by atoms with Gasteiger partial charge in [-0.15, -0.1) is 10.6 Å². The fourth-order valence-corrected chi connectivity index (χ4v) is 5.42. The third-order valence-electron chi connectivity index (χ3n) is 5.96. The highest BCUT2D eigenvalue weighted by Gasteiger charge is 2.28. The number of aromatic nitrogens is 2. The third kappa shape index (κ3) is 2.90. The summed E-state index contributed by atoms with van der Waals surface area (Å²) in [5, 5.41) is 7.16. The molecule has 0 saturated heterocycles. The van der Waals surface area contributed by atoms with Crippen molar-refractivity contribution in [3.05, 3.63) is 34.5 Å². The van der Waals surface area contributed by atoms with Gasteiger partial charge in [-0.1, -0.05) is 13.0 Å². The first kappa shape index (κ1) is 17.7. The summed E-state index contributed by atoms with van der Waals surface area (Å²) < 4.78 is 23.8. The number of hydrogen-bond acceptors (Lipinski definition) is 5. The van der Waals surface area contributed by atoms with E-state index in [9.17, 15) is 9.00 Å². The van der Waals surface area contributed by atoms with Gasteiger partial charge in [0, 0.05) is 24.8 Å². The molecule has 5 rings (SSSR count). The number of hydrogen-bond donors (Lipinski definition) is 1. The van der Waals surface area contributed by atoms with Gasteiger partial charge in [0.1, 0.15) is 0 Å². The van der Waals surface area contributed by atoms with E-state index in [1.165, 1.54) is 28.5 Å². The van der Waals surface area contributed by atoms with Crippen molar-refractivity contribution in [1.82, 2.24) is 9.78 Å². The van der Waals surface area contributed by atoms with Crippen LogP contribution in [-0.2, 0) is 40.6 Å². The molecule has 0 unspecified atom stereocenters. The van der Waals surface area contributed by atoms with Gasteiger partial charge in [-0.25, -0.2) is 9.48 Å². The second kappa shape index (κ2) is 6.92. The summed E-state index contributed by atoms with van der Waals surface area (Å²) in [7, 11) is -1.85. The molecule has 1 N–H and O–H groups in total. The molecule has 0 radical (unpaired) electrons. The number of nitrogens with zero attached hydrogens (tertiary/aromatic N) is 3. The van der Waals surface area contributed by atoms with Crippen LogP contribution in [0.25, 0.3) is 0 Å². The molecule has 0 saturated carbocycles. The van der Waals surface area contributed by atoms with Crippen LogP contribution in [0.3, 0.4) is 0 Å². The van der Waals surface area contributed by atoms with Gasteiger partial charge in [0.15, 0.2) is 5.88 Å². The first-order valence-electron chi connectivity index (χ1n) is 9.92. The molecule has 1 aromatic heterocycles. The minimum atomic E-state index is -1.85. The summed E-state index contributed by atoms with van der Waals surface area (Å²) in [6.07, 6.45) is 7.63. The highest BCUT2D eigenvalue weighted by molar-refractivity contribution is 7.75. The molecule has 2 heterocycles. The number of fused-ring (bicyclic) bond motifs is 3. The van der Waals surface area contributed by atoms with E-state index in [1.807, 2.05) is 0 Å². The third-order valence-corrected chi connectivity index (χ3v) is 6.95. The number of carbonyl (C=O) groups is 1. The van der Waals surface area contributed by atoms with Crippen molar-refractivity contribution >= 4 is 22.3 Å². The number of aryl methyl sites for hydroxylation is 3. The van der Waals surface area contributed by atoms with Gasteiger partial charge >= 0.3 is 6.03 Å². The fourth-order valence-electron chi connectivity index (χ4n) is 4.67. The van der Waals surface area contributed by atoms with Crippen LogP contribution >= 0.6 is 0 Å². The first-order chi connectivity index (χ1) is 13.6. The Bertz CT molecular complexity index is 1050.